The average Bonchev–Trinajstić information content (AvgIpc) is 3.41. The molecule has 1 aromatic heterocycles. The number of benzene rings is 3. The van der Waals surface area contributed by atoms with Crippen LogP contribution in [0.1, 0.15) is 16.2 Å². The van der Waals surface area contributed by atoms with Gasteiger partial charge in [-0.3, -0.25) is 14.2 Å². The third-order valence-corrected chi connectivity index (χ3v) is 6.97. The van der Waals surface area contributed by atoms with Crippen LogP contribution in [-0.4, -0.2) is 60.8 Å². The summed E-state index contributed by atoms with van der Waals surface area (Å²) in [6.07, 6.45) is 0. The molecule has 0 aliphatic rings. The van der Waals surface area contributed by atoms with E-state index in [1.165, 1.54) is 33.1 Å². The topological polar surface area (TPSA) is 126 Å². The van der Waals surface area contributed by atoms with Gasteiger partial charge in [-0.25, -0.2) is 0 Å². The van der Waals surface area contributed by atoms with Gasteiger partial charge in [-0.2, -0.15) is 0 Å². The minimum absolute atomic E-state index is 0.0353. The highest BCUT2D eigenvalue weighted by molar-refractivity contribution is 7.99. The molecule has 4 rings (SSSR count). The maximum atomic E-state index is 13.1. The van der Waals surface area contributed by atoms with Gasteiger partial charge in [0, 0.05) is 16.3 Å². The number of aromatic nitrogens is 3. The molecule has 41 heavy (non-hydrogen) atoms. The van der Waals surface area contributed by atoms with E-state index >= 15 is 0 Å². The van der Waals surface area contributed by atoms with Crippen LogP contribution in [0.5, 0.6) is 23.0 Å². The van der Waals surface area contributed by atoms with Crippen molar-refractivity contribution in [1.82, 2.24) is 20.1 Å². The van der Waals surface area contributed by atoms with Crippen molar-refractivity contribution in [3.8, 4) is 28.7 Å². The van der Waals surface area contributed by atoms with Gasteiger partial charge in [0.2, 0.25) is 11.7 Å². The molecule has 0 bridgehead atoms. The van der Waals surface area contributed by atoms with Gasteiger partial charge in [0.1, 0.15) is 5.75 Å². The minimum atomic E-state index is -0.391. The van der Waals surface area contributed by atoms with E-state index in [-0.39, 0.29) is 18.2 Å². The van der Waals surface area contributed by atoms with Gasteiger partial charge in [0.25, 0.3) is 5.91 Å². The van der Waals surface area contributed by atoms with Crippen molar-refractivity contribution >= 4 is 40.9 Å². The minimum Gasteiger partial charge on any atom is -0.497 e. The van der Waals surface area contributed by atoms with Gasteiger partial charge in [0.15, 0.2) is 22.5 Å². The fraction of sp³-hybridized carbons (Fsp3) is 0.214. The summed E-state index contributed by atoms with van der Waals surface area (Å²) in [5.74, 6) is 1.67. The number of thioether (sulfide) groups is 1. The van der Waals surface area contributed by atoms with E-state index in [4.69, 9.17) is 30.5 Å². The molecular weight excluding hydrogens is 570 g/mol. The summed E-state index contributed by atoms with van der Waals surface area (Å²) in [6.45, 7) is 0.0353. The normalized spacial score (nSPS) is 10.6. The van der Waals surface area contributed by atoms with Gasteiger partial charge in [-0.05, 0) is 54.6 Å². The van der Waals surface area contributed by atoms with Gasteiger partial charge in [-0.1, -0.05) is 29.4 Å². The molecule has 0 aliphatic heterocycles. The van der Waals surface area contributed by atoms with Crippen molar-refractivity contribution in [2.24, 2.45) is 0 Å². The van der Waals surface area contributed by atoms with Crippen LogP contribution in [0.4, 0.5) is 5.69 Å². The third kappa shape index (κ3) is 7.21. The molecule has 0 radical (unpaired) electrons. The molecule has 11 nitrogen and oxygen atoms in total. The molecule has 2 N–H and O–H groups in total. The van der Waals surface area contributed by atoms with Crippen molar-refractivity contribution in [1.29, 1.82) is 0 Å². The fourth-order valence-electron chi connectivity index (χ4n) is 3.86. The van der Waals surface area contributed by atoms with E-state index < -0.39 is 5.91 Å². The van der Waals surface area contributed by atoms with E-state index in [2.05, 4.69) is 20.8 Å². The lowest BCUT2D eigenvalue weighted by Crippen LogP contribution is -2.25. The molecule has 0 unspecified atom stereocenters. The number of amides is 2. The van der Waals surface area contributed by atoms with Gasteiger partial charge >= 0.3 is 0 Å². The van der Waals surface area contributed by atoms with Crippen LogP contribution in [0, 0.1) is 0 Å². The van der Waals surface area contributed by atoms with Crippen LogP contribution < -0.4 is 29.6 Å². The number of halogens is 1. The zero-order chi connectivity index (χ0) is 29.4. The predicted octanol–water partition coefficient (Wildman–Crippen LogP) is 4.62. The number of methoxy groups -OCH3 is 4. The Hall–Kier alpha value is -4.42. The van der Waals surface area contributed by atoms with Crippen molar-refractivity contribution in [2.75, 3.05) is 39.5 Å². The molecule has 0 spiro atoms. The quantitative estimate of drug-likeness (QED) is 0.225. The third-order valence-electron chi connectivity index (χ3n) is 5.81. The van der Waals surface area contributed by atoms with Crippen molar-refractivity contribution in [2.45, 2.75) is 11.7 Å². The molecule has 0 saturated heterocycles. The number of nitrogens with zero attached hydrogens (tertiary/aromatic N) is 3. The summed E-state index contributed by atoms with van der Waals surface area (Å²) in [5.41, 5.74) is 1.62. The molecule has 2 amide bonds. The summed E-state index contributed by atoms with van der Waals surface area (Å²) < 4.78 is 22.9. The Morgan fingerprint density at radius 2 is 1.61 bits per heavy atom. The van der Waals surface area contributed by atoms with Crippen LogP contribution in [0.15, 0.2) is 65.8 Å². The summed E-state index contributed by atoms with van der Waals surface area (Å²) in [7, 11) is 6.01. The average molecular weight is 598 g/mol. The van der Waals surface area contributed by atoms with Gasteiger partial charge in [0.05, 0.1) is 46.4 Å². The molecule has 0 saturated carbocycles. The van der Waals surface area contributed by atoms with Crippen LogP contribution in [0.25, 0.3) is 5.69 Å². The molecule has 0 aliphatic carbocycles. The zero-order valence-electron chi connectivity index (χ0n) is 22.8. The maximum Gasteiger partial charge on any atom is 0.251 e. The number of nitrogens with one attached hydrogen (secondary N) is 2. The number of hydrogen-bond donors (Lipinski definition) is 2. The first-order valence-corrected chi connectivity index (χ1v) is 13.6. The number of ether oxygens (including phenoxy) is 4. The van der Waals surface area contributed by atoms with Crippen molar-refractivity contribution < 1.29 is 28.5 Å². The highest BCUT2D eigenvalue weighted by Gasteiger charge is 2.20. The molecule has 214 valence electrons. The molecule has 3 aromatic carbocycles. The standard InChI is InChI=1S/C28H28ClN5O6S/c1-37-21-10-8-19(9-11-21)31-25(35)16-41-28-33-32-24(34(28)20-7-5-6-18(29)14-20)15-30-27(36)17-12-22(38-2)26(40-4)23(13-17)39-3/h5-14H,15-16H2,1-4H3,(H,30,36)(H,31,35). The van der Waals surface area contributed by atoms with Crippen molar-refractivity contribution in [3.05, 3.63) is 77.1 Å². The van der Waals surface area contributed by atoms with E-state index in [1.54, 1.807) is 66.3 Å². The van der Waals surface area contributed by atoms with E-state index in [0.717, 1.165) is 0 Å². The first kappa shape index (κ1) is 29.6. The first-order valence-electron chi connectivity index (χ1n) is 12.2. The monoisotopic (exact) mass is 597 g/mol. The Kier molecular flexibility index (Phi) is 9.93. The number of anilines is 1. The summed E-state index contributed by atoms with van der Waals surface area (Å²) in [4.78, 5) is 25.7. The van der Waals surface area contributed by atoms with Crippen LogP contribution in [0.2, 0.25) is 5.02 Å². The fourth-order valence-corrected chi connectivity index (χ4v) is 4.81. The van der Waals surface area contributed by atoms with Crippen LogP contribution in [-0.2, 0) is 11.3 Å². The number of hydrogen-bond acceptors (Lipinski definition) is 9. The number of carbonyl (C=O) groups excluding carboxylic acids is 2. The summed E-state index contributed by atoms with van der Waals surface area (Å²) >= 11 is 7.46. The Balaban J connectivity index is 1.52. The van der Waals surface area contributed by atoms with E-state index in [0.29, 0.717) is 55.9 Å². The maximum absolute atomic E-state index is 13.1. The van der Waals surface area contributed by atoms with E-state index in [9.17, 15) is 9.59 Å². The highest BCUT2D eigenvalue weighted by Crippen LogP contribution is 2.38. The van der Waals surface area contributed by atoms with Crippen LogP contribution in [0.3, 0.4) is 0 Å². The molecule has 0 fully saturated rings. The van der Waals surface area contributed by atoms with Crippen LogP contribution >= 0.6 is 23.4 Å². The highest BCUT2D eigenvalue weighted by atomic mass is 35.5. The molecule has 1 heterocycles. The first-order chi connectivity index (χ1) is 19.9. The molecule has 4 aromatic rings. The zero-order valence-corrected chi connectivity index (χ0v) is 24.3. The summed E-state index contributed by atoms with van der Waals surface area (Å²) in [5, 5.41) is 15.2. The Morgan fingerprint density at radius 1 is 0.902 bits per heavy atom. The Labute approximate surface area is 246 Å². The second-order valence-corrected chi connectivity index (χ2v) is 9.76. The second-order valence-electron chi connectivity index (χ2n) is 8.38. The summed E-state index contributed by atoms with van der Waals surface area (Å²) in [6, 6.07) is 17.3. The predicted molar refractivity (Wildman–Crippen MR) is 156 cm³/mol. The van der Waals surface area contributed by atoms with E-state index in [1.807, 2.05) is 6.07 Å². The Morgan fingerprint density at radius 3 is 2.22 bits per heavy atom. The molecular formula is C28H28ClN5O6S. The van der Waals surface area contributed by atoms with Crippen molar-refractivity contribution in [3.63, 3.8) is 0 Å². The lowest BCUT2D eigenvalue weighted by atomic mass is 10.1. The lowest BCUT2D eigenvalue weighted by Gasteiger charge is -2.14. The lowest BCUT2D eigenvalue weighted by molar-refractivity contribution is -0.113. The smallest absolute Gasteiger partial charge is 0.251 e. The molecule has 13 heteroatoms. The molecule has 0 atom stereocenters. The Bertz CT molecular complexity index is 1500. The van der Waals surface area contributed by atoms with Gasteiger partial charge < -0.3 is 29.6 Å². The second kappa shape index (κ2) is 13.8. The number of rotatable bonds is 12. The largest absolute Gasteiger partial charge is 0.497 e. The SMILES string of the molecule is COc1ccc(NC(=O)CSc2nnc(CNC(=O)c3cc(OC)c(OC)c(OC)c3)n2-c2cccc(Cl)c2)cc1. The number of carbonyl (C=O) groups is 2. The van der Waals surface area contributed by atoms with Gasteiger partial charge in [-0.15, -0.1) is 10.2 Å².